The van der Waals surface area contributed by atoms with Gasteiger partial charge in [0.1, 0.15) is 6.61 Å². The number of alkyl halides is 3. The molecule has 1 N–H and O–H groups in total. The maximum absolute atomic E-state index is 11.6. The molecule has 1 atom stereocenters. The van der Waals surface area contributed by atoms with Gasteiger partial charge in [-0.25, -0.2) is 4.79 Å². The summed E-state index contributed by atoms with van der Waals surface area (Å²) in [7, 11) is 3.53. The van der Waals surface area contributed by atoms with Crippen LogP contribution in [-0.2, 0) is 20.9 Å². The number of pyridine rings is 1. The first-order valence-electron chi connectivity index (χ1n) is 8.88. The smallest absolute Gasteiger partial charge is 0.475 e. The fraction of sp³-hybridized carbons (Fsp3) is 0.611. The van der Waals surface area contributed by atoms with Crippen molar-refractivity contribution < 1.29 is 32.6 Å². The van der Waals surface area contributed by atoms with E-state index in [9.17, 15) is 18.0 Å². The summed E-state index contributed by atoms with van der Waals surface area (Å²) in [6.45, 7) is 3.39. The number of nitrogens with zero attached hydrogens (tertiary/aromatic N) is 3. The topological polar surface area (TPSA) is 83.0 Å². The molecule has 0 aromatic carbocycles. The molecular formula is C18H24F3N3O4S. The second kappa shape index (κ2) is 9.77. The minimum atomic E-state index is -5.08. The average molecular weight is 435 g/mol. The van der Waals surface area contributed by atoms with E-state index >= 15 is 0 Å². The van der Waals surface area contributed by atoms with E-state index in [0.29, 0.717) is 4.75 Å². The van der Waals surface area contributed by atoms with Gasteiger partial charge in [0.2, 0.25) is 5.91 Å². The molecule has 2 fully saturated rings. The molecule has 1 aromatic heterocycles. The van der Waals surface area contributed by atoms with Gasteiger partial charge in [-0.2, -0.15) is 13.2 Å². The summed E-state index contributed by atoms with van der Waals surface area (Å²) in [6, 6.07) is 4.11. The number of likely N-dealkylation sites (N-methyl/N-ethyl adjacent to an activating group) is 1. The summed E-state index contributed by atoms with van der Waals surface area (Å²) < 4.78 is 37.8. The fourth-order valence-corrected chi connectivity index (χ4v) is 4.68. The number of hydrogen-bond donors (Lipinski definition) is 1. The van der Waals surface area contributed by atoms with Crippen LogP contribution in [0.5, 0.6) is 0 Å². The van der Waals surface area contributed by atoms with Gasteiger partial charge in [0, 0.05) is 56.6 Å². The van der Waals surface area contributed by atoms with E-state index in [2.05, 4.69) is 16.0 Å². The normalized spacial score (nSPS) is 20.5. The number of thioether (sulfide) groups is 1. The molecular weight excluding hydrogens is 411 g/mol. The molecule has 7 nitrogen and oxygen atoms in total. The SMILES string of the molecule is CN(C)C(=O)COC1CSC2(C1)CN(Cc1cccnc1)C2.O=C(O)C(F)(F)F. The minimum absolute atomic E-state index is 0.0396. The quantitative estimate of drug-likeness (QED) is 0.756. The van der Waals surface area contributed by atoms with E-state index in [1.807, 2.05) is 30.2 Å². The summed E-state index contributed by atoms with van der Waals surface area (Å²) >= 11 is 2.01. The van der Waals surface area contributed by atoms with Crippen LogP contribution in [-0.4, -0.2) is 88.3 Å². The maximum Gasteiger partial charge on any atom is 0.490 e. The molecule has 0 bridgehead atoms. The van der Waals surface area contributed by atoms with Crippen LogP contribution < -0.4 is 0 Å². The van der Waals surface area contributed by atoms with Crippen molar-refractivity contribution in [3.63, 3.8) is 0 Å². The van der Waals surface area contributed by atoms with Crippen LogP contribution in [0.4, 0.5) is 13.2 Å². The van der Waals surface area contributed by atoms with Crippen LogP contribution in [0.15, 0.2) is 24.5 Å². The second-order valence-corrected chi connectivity index (χ2v) is 8.72. The Morgan fingerprint density at radius 1 is 1.41 bits per heavy atom. The van der Waals surface area contributed by atoms with Gasteiger partial charge < -0.3 is 14.7 Å². The van der Waals surface area contributed by atoms with Crippen LogP contribution in [0.1, 0.15) is 12.0 Å². The van der Waals surface area contributed by atoms with Gasteiger partial charge in [0.15, 0.2) is 0 Å². The van der Waals surface area contributed by atoms with E-state index in [1.165, 1.54) is 5.56 Å². The van der Waals surface area contributed by atoms with Gasteiger partial charge in [-0.1, -0.05) is 6.07 Å². The lowest BCUT2D eigenvalue weighted by Crippen LogP contribution is -2.58. The summed E-state index contributed by atoms with van der Waals surface area (Å²) in [5, 5.41) is 7.12. The van der Waals surface area contributed by atoms with Crippen LogP contribution in [0.25, 0.3) is 0 Å². The largest absolute Gasteiger partial charge is 0.490 e. The van der Waals surface area contributed by atoms with Crippen molar-refractivity contribution in [3.8, 4) is 0 Å². The molecule has 3 rings (SSSR count). The third-order valence-electron chi connectivity index (χ3n) is 4.51. The number of ether oxygens (including phenoxy) is 1. The predicted molar refractivity (Wildman–Crippen MR) is 101 cm³/mol. The van der Waals surface area contributed by atoms with Crippen molar-refractivity contribution in [2.24, 2.45) is 0 Å². The molecule has 1 amide bonds. The van der Waals surface area contributed by atoms with Gasteiger partial charge >= 0.3 is 12.1 Å². The Morgan fingerprint density at radius 3 is 2.59 bits per heavy atom. The van der Waals surface area contributed by atoms with Gasteiger partial charge in [-0.05, 0) is 18.1 Å². The highest BCUT2D eigenvalue weighted by molar-refractivity contribution is 8.01. The number of likely N-dealkylation sites (tertiary alicyclic amines) is 1. The van der Waals surface area contributed by atoms with E-state index in [0.717, 1.165) is 31.8 Å². The lowest BCUT2D eigenvalue weighted by atomic mass is 9.92. The van der Waals surface area contributed by atoms with E-state index < -0.39 is 12.1 Å². The summed E-state index contributed by atoms with van der Waals surface area (Å²) in [4.78, 5) is 28.7. The highest BCUT2D eigenvalue weighted by atomic mass is 32.2. The van der Waals surface area contributed by atoms with Crippen LogP contribution in [0.2, 0.25) is 0 Å². The zero-order chi connectivity index (χ0) is 21.7. The van der Waals surface area contributed by atoms with E-state index in [4.69, 9.17) is 14.6 Å². The molecule has 2 aliphatic heterocycles. The molecule has 162 valence electrons. The number of amides is 1. The number of aliphatic carboxylic acids is 1. The number of carbonyl (C=O) groups is 2. The van der Waals surface area contributed by atoms with Crippen molar-refractivity contribution in [1.29, 1.82) is 0 Å². The Kier molecular flexibility index (Phi) is 7.89. The number of carboxylic acid groups (broad SMARTS) is 1. The highest BCUT2D eigenvalue weighted by Gasteiger charge is 2.49. The van der Waals surface area contributed by atoms with Crippen molar-refractivity contribution in [1.82, 2.24) is 14.8 Å². The third kappa shape index (κ3) is 7.16. The molecule has 2 saturated heterocycles. The third-order valence-corrected chi connectivity index (χ3v) is 6.09. The molecule has 2 aliphatic rings. The van der Waals surface area contributed by atoms with Crippen LogP contribution in [0, 0.1) is 0 Å². The van der Waals surface area contributed by atoms with Crippen molar-refractivity contribution in [2.75, 3.05) is 39.5 Å². The monoisotopic (exact) mass is 435 g/mol. The van der Waals surface area contributed by atoms with Gasteiger partial charge in [0.05, 0.1) is 6.10 Å². The molecule has 3 heterocycles. The first-order valence-corrected chi connectivity index (χ1v) is 9.86. The van der Waals surface area contributed by atoms with Crippen LogP contribution >= 0.6 is 11.8 Å². The van der Waals surface area contributed by atoms with Crippen LogP contribution in [0.3, 0.4) is 0 Å². The molecule has 29 heavy (non-hydrogen) atoms. The zero-order valence-electron chi connectivity index (χ0n) is 16.2. The molecule has 1 unspecified atom stereocenters. The number of carbonyl (C=O) groups excluding carboxylic acids is 1. The summed E-state index contributed by atoms with van der Waals surface area (Å²) in [5.74, 6) is -1.72. The Bertz CT molecular complexity index is 697. The van der Waals surface area contributed by atoms with E-state index in [-0.39, 0.29) is 18.6 Å². The molecule has 0 saturated carbocycles. The predicted octanol–water partition coefficient (Wildman–Crippen LogP) is 1.88. The molecule has 1 aromatic rings. The number of aromatic nitrogens is 1. The van der Waals surface area contributed by atoms with Crippen molar-refractivity contribution in [2.45, 2.75) is 30.0 Å². The highest BCUT2D eigenvalue weighted by Crippen LogP contribution is 2.46. The molecule has 0 aliphatic carbocycles. The number of halogens is 3. The summed E-state index contributed by atoms with van der Waals surface area (Å²) in [5.41, 5.74) is 1.27. The lowest BCUT2D eigenvalue weighted by Gasteiger charge is -2.47. The molecule has 1 spiro atoms. The first kappa shape index (κ1) is 23.4. The number of hydrogen-bond acceptors (Lipinski definition) is 6. The Balaban J connectivity index is 0.000000370. The maximum atomic E-state index is 11.6. The number of carboxylic acids is 1. The van der Waals surface area contributed by atoms with Crippen molar-refractivity contribution in [3.05, 3.63) is 30.1 Å². The van der Waals surface area contributed by atoms with Gasteiger partial charge in [-0.3, -0.25) is 14.7 Å². The standard InChI is InChI=1S/C16H23N3O2S.C2HF3O2/c1-18(2)15(20)9-21-14-6-16(22-10-14)11-19(12-16)8-13-4-3-5-17-7-13;3-2(4,5)1(6)7/h3-5,7,14H,6,8-12H2,1-2H3;(H,6,7). The second-order valence-electron chi connectivity index (χ2n) is 7.23. The lowest BCUT2D eigenvalue weighted by molar-refractivity contribution is -0.192. The van der Waals surface area contributed by atoms with Crippen molar-refractivity contribution >= 4 is 23.6 Å². The Labute approximate surface area is 171 Å². The minimum Gasteiger partial charge on any atom is -0.475 e. The average Bonchev–Trinajstić information content (AvgIpc) is 3.04. The Morgan fingerprint density at radius 2 is 2.07 bits per heavy atom. The summed E-state index contributed by atoms with van der Waals surface area (Å²) in [6.07, 6.45) is -0.0623. The molecule has 0 radical (unpaired) electrons. The Hall–Kier alpha value is -1.85. The van der Waals surface area contributed by atoms with Gasteiger partial charge in [0.25, 0.3) is 0 Å². The van der Waals surface area contributed by atoms with E-state index in [1.54, 1.807) is 19.0 Å². The molecule has 11 heteroatoms. The fourth-order valence-electron chi connectivity index (χ4n) is 3.08. The van der Waals surface area contributed by atoms with Gasteiger partial charge in [-0.15, -0.1) is 11.8 Å². The number of rotatable bonds is 5. The zero-order valence-corrected chi connectivity index (χ0v) is 17.0. The first-order chi connectivity index (χ1) is 13.5.